The van der Waals surface area contributed by atoms with Crippen molar-refractivity contribution >= 4 is 44.3 Å². The first kappa shape index (κ1) is 19.5. The second-order valence-electron chi connectivity index (χ2n) is 4.72. The summed E-state index contributed by atoms with van der Waals surface area (Å²) in [5, 5.41) is 3.48. The van der Waals surface area contributed by atoms with Crippen molar-refractivity contribution in [2.75, 3.05) is 13.2 Å². The second kappa shape index (κ2) is 10.3. The van der Waals surface area contributed by atoms with E-state index < -0.39 is 0 Å². The lowest BCUT2D eigenvalue weighted by molar-refractivity contribution is 0.333. The minimum atomic E-state index is 0. The molecule has 1 N–H and O–H groups in total. The first-order valence-electron chi connectivity index (χ1n) is 7.06. The molecule has 22 heavy (non-hydrogen) atoms. The largest absolute Gasteiger partial charge is 0.492 e. The van der Waals surface area contributed by atoms with E-state index in [9.17, 15) is 0 Å². The molecule has 0 saturated carbocycles. The van der Waals surface area contributed by atoms with Crippen molar-refractivity contribution in [2.45, 2.75) is 19.9 Å². The van der Waals surface area contributed by atoms with Gasteiger partial charge >= 0.3 is 0 Å². The molecule has 120 valence electrons. The Morgan fingerprint density at radius 2 is 1.82 bits per heavy atom. The van der Waals surface area contributed by atoms with Gasteiger partial charge in [0.15, 0.2) is 0 Å². The maximum absolute atomic E-state index is 5.73. The fraction of sp³-hybridized carbons (Fsp3) is 0.294. The predicted molar refractivity (Wildman–Crippen MR) is 102 cm³/mol. The van der Waals surface area contributed by atoms with Crippen molar-refractivity contribution in [1.82, 2.24) is 5.32 Å². The van der Waals surface area contributed by atoms with Crippen LogP contribution in [0.15, 0.2) is 51.4 Å². The van der Waals surface area contributed by atoms with Gasteiger partial charge < -0.3 is 10.1 Å². The molecule has 2 aromatic carbocycles. The van der Waals surface area contributed by atoms with Crippen LogP contribution in [0, 0.1) is 0 Å². The maximum Gasteiger partial charge on any atom is 0.138 e. The first-order chi connectivity index (χ1) is 10.2. The average molecular weight is 450 g/mol. The van der Waals surface area contributed by atoms with Crippen molar-refractivity contribution in [1.29, 1.82) is 0 Å². The summed E-state index contributed by atoms with van der Waals surface area (Å²) in [7, 11) is 0. The van der Waals surface area contributed by atoms with E-state index in [-0.39, 0.29) is 12.4 Å². The molecule has 0 spiro atoms. The van der Waals surface area contributed by atoms with Gasteiger partial charge in [-0.3, -0.25) is 0 Å². The summed E-state index contributed by atoms with van der Waals surface area (Å²) in [4.78, 5) is 0. The summed E-state index contributed by atoms with van der Waals surface area (Å²) < 4.78 is 7.77. The summed E-state index contributed by atoms with van der Waals surface area (Å²) in [6.45, 7) is 4.40. The highest BCUT2D eigenvalue weighted by atomic mass is 79.9. The lowest BCUT2D eigenvalue weighted by Crippen LogP contribution is -2.17. The second-order valence-corrected chi connectivity index (χ2v) is 6.49. The topological polar surface area (TPSA) is 21.3 Å². The molecule has 0 bridgehead atoms. The molecule has 0 fully saturated rings. The van der Waals surface area contributed by atoms with E-state index in [1.165, 1.54) is 5.56 Å². The normalized spacial score (nSPS) is 10.1. The Balaban J connectivity index is 0.00000242. The van der Waals surface area contributed by atoms with Crippen LogP contribution in [-0.4, -0.2) is 13.2 Å². The lowest BCUT2D eigenvalue weighted by atomic mass is 10.1. The van der Waals surface area contributed by atoms with Crippen LogP contribution < -0.4 is 10.1 Å². The molecule has 0 aromatic heterocycles. The molecule has 0 atom stereocenters. The van der Waals surface area contributed by atoms with Crippen molar-refractivity contribution in [3.8, 4) is 5.75 Å². The Morgan fingerprint density at radius 3 is 2.50 bits per heavy atom. The van der Waals surface area contributed by atoms with E-state index in [1.54, 1.807) is 0 Å². The van der Waals surface area contributed by atoms with Gasteiger partial charge in [-0.2, -0.15) is 0 Å². The molecule has 0 heterocycles. The Labute approximate surface area is 155 Å². The van der Waals surface area contributed by atoms with Crippen molar-refractivity contribution < 1.29 is 4.74 Å². The monoisotopic (exact) mass is 447 g/mol. The van der Waals surface area contributed by atoms with E-state index in [0.29, 0.717) is 6.61 Å². The number of benzene rings is 2. The molecule has 0 aliphatic carbocycles. The van der Waals surface area contributed by atoms with Crippen LogP contribution in [0.25, 0.3) is 0 Å². The zero-order valence-electron chi connectivity index (χ0n) is 12.4. The molecule has 0 aliphatic rings. The third-order valence-electron chi connectivity index (χ3n) is 3.12. The molecule has 0 aliphatic heterocycles. The van der Waals surface area contributed by atoms with E-state index >= 15 is 0 Å². The fourth-order valence-electron chi connectivity index (χ4n) is 2.15. The van der Waals surface area contributed by atoms with Crippen LogP contribution in [0.5, 0.6) is 5.75 Å². The van der Waals surface area contributed by atoms with Gasteiger partial charge in [0.05, 0.1) is 11.1 Å². The van der Waals surface area contributed by atoms with E-state index in [4.69, 9.17) is 4.74 Å². The zero-order chi connectivity index (χ0) is 15.1. The minimum absolute atomic E-state index is 0. The van der Waals surface area contributed by atoms with Crippen molar-refractivity contribution in [3.05, 3.63) is 62.5 Å². The highest BCUT2D eigenvalue weighted by Gasteiger charge is 2.09. The SMILES string of the molecule is CCOc1c(Br)cc(Br)cc1CNCCc1ccccc1.Cl. The molecule has 0 unspecified atom stereocenters. The Hall–Kier alpha value is -0.550. The van der Waals surface area contributed by atoms with Gasteiger partial charge in [0, 0.05) is 16.6 Å². The smallest absolute Gasteiger partial charge is 0.138 e. The molecular formula is C17H20Br2ClNO. The van der Waals surface area contributed by atoms with Gasteiger partial charge in [0.2, 0.25) is 0 Å². The summed E-state index contributed by atoms with van der Waals surface area (Å²) in [6, 6.07) is 14.6. The van der Waals surface area contributed by atoms with Gasteiger partial charge in [-0.15, -0.1) is 12.4 Å². The van der Waals surface area contributed by atoms with E-state index in [2.05, 4.69) is 67.5 Å². The number of rotatable bonds is 7. The molecule has 0 saturated heterocycles. The number of halogens is 3. The molecule has 2 aromatic rings. The van der Waals surface area contributed by atoms with Gasteiger partial charge in [0.25, 0.3) is 0 Å². The highest BCUT2D eigenvalue weighted by molar-refractivity contribution is 9.11. The van der Waals surface area contributed by atoms with Crippen LogP contribution in [0.2, 0.25) is 0 Å². The Kier molecular flexibility index (Phi) is 9.10. The van der Waals surface area contributed by atoms with Crippen molar-refractivity contribution in [2.24, 2.45) is 0 Å². The molecule has 0 radical (unpaired) electrons. The predicted octanol–water partition coefficient (Wildman–Crippen LogP) is 5.36. The van der Waals surface area contributed by atoms with Crippen LogP contribution in [0.1, 0.15) is 18.1 Å². The molecular weight excluding hydrogens is 429 g/mol. The zero-order valence-corrected chi connectivity index (χ0v) is 16.4. The third-order valence-corrected chi connectivity index (χ3v) is 4.17. The summed E-state index contributed by atoms with van der Waals surface area (Å²) in [5.41, 5.74) is 2.51. The van der Waals surface area contributed by atoms with Crippen molar-refractivity contribution in [3.63, 3.8) is 0 Å². The van der Waals surface area contributed by atoms with Crippen LogP contribution in [0.4, 0.5) is 0 Å². The Morgan fingerprint density at radius 1 is 1.09 bits per heavy atom. The van der Waals surface area contributed by atoms with Gasteiger partial charge in [-0.05, 0) is 53.5 Å². The molecule has 0 amide bonds. The van der Waals surface area contributed by atoms with Crippen LogP contribution in [0.3, 0.4) is 0 Å². The highest BCUT2D eigenvalue weighted by Crippen LogP contribution is 2.32. The fourth-order valence-corrected chi connectivity index (χ4v) is 3.58. The van der Waals surface area contributed by atoms with Gasteiger partial charge in [-0.1, -0.05) is 46.3 Å². The number of nitrogens with one attached hydrogen (secondary N) is 1. The lowest BCUT2D eigenvalue weighted by Gasteiger charge is -2.14. The number of hydrogen-bond donors (Lipinski definition) is 1. The van der Waals surface area contributed by atoms with Crippen LogP contribution in [-0.2, 0) is 13.0 Å². The number of hydrogen-bond acceptors (Lipinski definition) is 2. The standard InChI is InChI=1S/C17H19Br2NO.ClH/c1-2-21-17-14(10-15(18)11-16(17)19)12-20-9-8-13-6-4-3-5-7-13;/h3-7,10-11,20H,2,8-9,12H2,1H3;1H. The maximum atomic E-state index is 5.73. The van der Waals surface area contributed by atoms with Gasteiger partial charge in [-0.25, -0.2) is 0 Å². The number of ether oxygens (including phenoxy) is 1. The first-order valence-corrected chi connectivity index (χ1v) is 8.64. The third kappa shape index (κ3) is 5.92. The molecule has 2 nitrogen and oxygen atoms in total. The van der Waals surface area contributed by atoms with E-state index in [1.807, 2.05) is 19.1 Å². The molecule has 2 rings (SSSR count). The Bertz CT molecular complexity index is 578. The van der Waals surface area contributed by atoms with E-state index in [0.717, 1.165) is 39.8 Å². The average Bonchev–Trinajstić information content (AvgIpc) is 2.48. The molecule has 5 heteroatoms. The van der Waals surface area contributed by atoms with Gasteiger partial charge in [0.1, 0.15) is 5.75 Å². The quantitative estimate of drug-likeness (QED) is 0.574. The summed E-state index contributed by atoms with van der Waals surface area (Å²) in [5.74, 6) is 0.924. The summed E-state index contributed by atoms with van der Waals surface area (Å²) >= 11 is 7.09. The summed E-state index contributed by atoms with van der Waals surface area (Å²) in [6.07, 6.45) is 1.03. The van der Waals surface area contributed by atoms with Crippen LogP contribution >= 0.6 is 44.3 Å². The minimum Gasteiger partial charge on any atom is -0.492 e.